The maximum atomic E-state index is 13.1. The van der Waals surface area contributed by atoms with Crippen molar-refractivity contribution >= 4 is 21.7 Å². The van der Waals surface area contributed by atoms with E-state index in [9.17, 15) is 13.2 Å². The average molecular weight is 408 g/mol. The standard InChI is InChI=1S/C22H20N2O4S/c25-22(28-16-19-8-3-4-14-23-19)18-10-12-20(13-11-18)29(26,27)24-15-5-7-17-6-1-2-9-21(17)24/h1-4,6,8-14H,5,7,15-16H2. The zero-order valence-corrected chi connectivity index (χ0v) is 16.5. The van der Waals surface area contributed by atoms with E-state index in [0.717, 1.165) is 24.1 Å². The van der Waals surface area contributed by atoms with E-state index in [0.29, 0.717) is 17.8 Å². The summed E-state index contributed by atoms with van der Waals surface area (Å²) in [5, 5.41) is 0. The molecule has 7 heteroatoms. The number of para-hydroxylation sites is 1. The number of sulfonamides is 1. The van der Waals surface area contributed by atoms with Gasteiger partial charge in [-0.1, -0.05) is 24.3 Å². The summed E-state index contributed by atoms with van der Waals surface area (Å²) >= 11 is 0. The van der Waals surface area contributed by atoms with Gasteiger partial charge in [-0.25, -0.2) is 13.2 Å². The monoisotopic (exact) mass is 408 g/mol. The molecule has 3 aromatic rings. The number of carbonyl (C=O) groups excluding carboxylic acids is 1. The number of nitrogens with zero attached hydrogens (tertiary/aromatic N) is 2. The van der Waals surface area contributed by atoms with Crippen molar-refractivity contribution in [2.45, 2.75) is 24.3 Å². The van der Waals surface area contributed by atoms with Crippen molar-refractivity contribution in [3.8, 4) is 0 Å². The molecule has 1 aromatic heterocycles. The van der Waals surface area contributed by atoms with Crippen LogP contribution in [0, 0.1) is 0 Å². The first-order valence-electron chi connectivity index (χ1n) is 9.33. The van der Waals surface area contributed by atoms with Crippen LogP contribution in [0.4, 0.5) is 5.69 Å². The lowest BCUT2D eigenvalue weighted by Gasteiger charge is -2.30. The molecule has 0 N–H and O–H groups in total. The molecule has 1 aliphatic rings. The van der Waals surface area contributed by atoms with Crippen molar-refractivity contribution in [1.82, 2.24) is 4.98 Å². The molecule has 4 rings (SSSR count). The smallest absolute Gasteiger partial charge is 0.338 e. The largest absolute Gasteiger partial charge is 0.456 e. The SMILES string of the molecule is O=C(OCc1ccccn1)c1ccc(S(=O)(=O)N2CCCc3ccccc32)cc1. The number of pyridine rings is 1. The zero-order valence-electron chi connectivity index (χ0n) is 15.7. The van der Waals surface area contributed by atoms with Crippen LogP contribution in [0.15, 0.2) is 77.8 Å². The van der Waals surface area contributed by atoms with E-state index in [-0.39, 0.29) is 11.5 Å². The van der Waals surface area contributed by atoms with Crippen LogP contribution < -0.4 is 4.31 Å². The Bertz CT molecular complexity index is 1110. The summed E-state index contributed by atoms with van der Waals surface area (Å²) in [5.41, 5.74) is 2.68. The molecule has 2 aromatic carbocycles. The van der Waals surface area contributed by atoms with Gasteiger partial charge in [0.15, 0.2) is 0 Å². The van der Waals surface area contributed by atoms with Gasteiger partial charge in [0.05, 0.1) is 21.8 Å². The molecule has 0 aliphatic carbocycles. The topological polar surface area (TPSA) is 76.6 Å². The molecule has 29 heavy (non-hydrogen) atoms. The van der Waals surface area contributed by atoms with Gasteiger partial charge in [0.25, 0.3) is 10.0 Å². The van der Waals surface area contributed by atoms with Crippen molar-refractivity contribution < 1.29 is 17.9 Å². The fraction of sp³-hybridized carbons (Fsp3) is 0.182. The molecule has 0 fully saturated rings. The molecule has 0 saturated carbocycles. The number of fused-ring (bicyclic) bond motifs is 1. The molecule has 1 aliphatic heterocycles. The van der Waals surface area contributed by atoms with Crippen LogP contribution in [-0.4, -0.2) is 25.9 Å². The molecular weight excluding hydrogens is 388 g/mol. The van der Waals surface area contributed by atoms with Gasteiger partial charge in [-0.3, -0.25) is 9.29 Å². The predicted molar refractivity (Wildman–Crippen MR) is 109 cm³/mol. The first kappa shape index (κ1) is 19.1. The van der Waals surface area contributed by atoms with Crippen LogP contribution in [0.1, 0.15) is 28.0 Å². The second-order valence-corrected chi connectivity index (χ2v) is 8.59. The van der Waals surface area contributed by atoms with Gasteiger partial charge in [0.1, 0.15) is 6.61 Å². The summed E-state index contributed by atoms with van der Waals surface area (Å²) in [6.07, 6.45) is 3.26. The molecule has 0 amide bonds. The third-order valence-corrected chi connectivity index (χ3v) is 6.65. The third kappa shape index (κ3) is 4.00. The van der Waals surface area contributed by atoms with Crippen LogP contribution in [0.3, 0.4) is 0 Å². The lowest BCUT2D eigenvalue weighted by Crippen LogP contribution is -2.35. The minimum atomic E-state index is -3.70. The summed E-state index contributed by atoms with van der Waals surface area (Å²) in [6.45, 7) is 0.498. The molecule has 2 heterocycles. The number of anilines is 1. The average Bonchev–Trinajstić information content (AvgIpc) is 2.78. The summed E-state index contributed by atoms with van der Waals surface area (Å²) in [5.74, 6) is -0.525. The van der Waals surface area contributed by atoms with Gasteiger partial charge in [0, 0.05) is 12.7 Å². The first-order chi connectivity index (χ1) is 14.1. The summed E-state index contributed by atoms with van der Waals surface area (Å²) in [4.78, 5) is 16.5. The third-order valence-electron chi connectivity index (χ3n) is 4.82. The van der Waals surface area contributed by atoms with Gasteiger partial charge < -0.3 is 4.74 Å². The fourth-order valence-electron chi connectivity index (χ4n) is 3.35. The van der Waals surface area contributed by atoms with Crippen LogP contribution in [-0.2, 0) is 27.8 Å². The number of hydrogen-bond donors (Lipinski definition) is 0. The van der Waals surface area contributed by atoms with E-state index in [1.165, 1.54) is 28.6 Å². The molecule has 148 valence electrons. The van der Waals surface area contributed by atoms with E-state index in [1.807, 2.05) is 30.3 Å². The number of hydrogen-bond acceptors (Lipinski definition) is 5. The molecule has 0 spiro atoms. The van der Waals surface area contributed by atoms with E-state index in [1.54, 1.807) is 18.3 Å². The number of rotatable bonds is 5. The maximum absolute atomic E-state index is 13.1. The Morgan fingerprint density at radius 1 is 1.00 bits per heavy atom. The van der Waals surface area contributed by atoms with E-state index < -0.39 is 16.0 Å². The van der Waals surface area contributed by atoms with Gasteiger partial charge in [-0.2, -0.15) is 0 Å². The van der Waals surface area contributed by atoms with Crippen molar-refractivity contribution in [1.29, 1.82) is 0 Å². The molecule has 0 saturated heterocycles. The lowest BCUT2D eigenvalue weighted by molar-refractivity contribution is 0.0467. The molecule has 6 nitrogen and oxygen atoms in total. The normalized spacial score (nSPS) is 13.6. The highest BCUT2D eigenvalue weighted by Gasteiger charge is 2.29. The minimum absolute atomic E-state index is 0.0598. The van der Waals surface area contributed by atoms with Gasteiger partial charge in [-0.15, -0.1) is 0 Å². The Morgan fingerprint density at radius 3 is 2.52 bits per heavy atom. The molecule has 0 radical (unpaired) electrons. The highest BCUT2D eigenvalue weighted by atomic mass is 32.2. The molecular formula is C22H20N2O4S. The number of aryl methyl sites for hydroxylation is 1. The first-order valence-corrected chi connectivity index (χ1v) is 10.8. The van der Waals surface area contributed by atoms with Crippen LogP contribution in [0.2, 0.25) is 0 Å². The van der Waals surface area contributed by atoms with Gasteiger partial charge >= 0.3 is 5.97 Å². The van der Waals surface area contributed by atoms with E-state index >= 15 is 0 Å². The molecule has 0 unspecified atom stereocenters. The number of benzene rings is 2. The van der Waals surface area contributed by atoms with Crippen molar-refractivity contribution in [2.75, 3.05) is 10.8 Å². The van der Waals surface area contributed by atoms with Crippen LogP contribution in [0.25, 0.3) is 0 Å². The Hall–Kier alpha value is -3.19. The molecule has 0 bridgehead atoms. The number of esters is 1. The summed E-state index contributed by atoms with van der Waals surface area (Å²) in [7, 11) is -3.70. The second kappa shape index (κ2) is 8.05. The maximum Gasteiger partial charge on any atom is 0.338 e. The second-order valence-electron chi connectivity index (χ2n) is 6.73. The fourth-order valence-corrected chi connectivity index (χ4v) is 4.89. The van der Waals surface area contributed by atoms with Crippen molar-refractivity contribution in [3.05, 3.63) is 89.7 Å². The van der Waals surface area contributed by atoms with E-state index in [4.69, 9.17) is 4.74 Å². The number of aromatic nitrogens is 1. The van der Waals surface area contributed by atoms with Crippen molar-refractivity contribution in [2.24, 2.45) is 0 Å². The zero-order chi connectivity index (χ0) is 20.3. The minimum Gasteiger partial charge on any atom is -0.456 e. The Balaban J connectivity index is 1.51. The van der Waals surface area contributed by atoms with Gasteiger partial charge in [-0.05, 0) is 60.9 Å². The highest BCUT2D eigenvalue weighted by molar-refractivity contribution is 7.92. The number of ether oxygens (including phenoxy) is 1. The summed E-state index contributed by atoms with van der Waals surface area (Å²) < 4.78 is 33.0. The van der Waals surface area contributed by atoms with E-state index in [2.05, 4.69) is 4.98 Å². The van der Waals surface area contributed by atoms with Gasteiger partial charge in [0.2, 0.25) is 0 Å². The lowest BCUT2D eigenvalue weighted by atomic mass is 10.0. The van der Waals surface area contributed by atoms with Crippen LogP contribution in [0.5, 0.6) is 0 Å². The van der Waals surface area contributed by atoms with Crippen LogP contribution >= 0.6 is 0 Å². The number of carbonyl (C=O) groups is 1. The quantitative estimate of drug-likeness (QED) is 0.603. The summed E-state index contributed by atoms with van der Waals surface area (Å²) in [6, 6.07) is 18.8. The Morgan fingerprint density at radius 2 is 1.76 bits per heavy atom. The van der Waals surface area contributed by atoms with Crippen molar-refractivity contribution in [3.63, 3.8) is 0 Å². The predicted octanol–water partition coefficient (Wildman–Crippen LogP) is 3.58. The Labute approximate surface area is 169 Å². The Kier molecular flexibility index (Phi) is 5.31. The molecule has 0 atom stereocenters. The highest BCUT2D eigenvalue weighted by Crippen LogP contribution is 2.31.